The molecule has 2 heterocycles. The van der Waals surface area contributed by atoms with Gasteiger partial charge in [0.15, 0.2) is 5.69 Å². The molecule has 6 nitrogen and oxygen atoms in total. The maximum atomic E-state index is 12.5. The van der Waals surface area contributed by atoms with E-state index in [1.807, 2.05) is 6.07 Å². The van der Waals surface area contributed by atoms with Crippen molar-refractivity contribution in [1.29, 1.82) is 0 Å². The Morgan fingerprint density at radius 3 is 2.87 bits per heavy atom. The smallest absolute Gasteiger partial charge is 0.243 e. The fourth-order valence-electron chi connectivity index (χ4n) is 3.92. The van der Waals surface area contributed by atoms with Gasteiger partial charge in [-0.2, -0.15) is 5.43 Å². The first kappa shape index (κ1) is 14.9. The number of hydrogen-bond donors (Lipinski definition) is 3. The first-order chi connectivity index (χ1) is 11.3. The van der Waals surface area contributed by atoms with Gasteiger partial charge in [-0.3, -0.25) is 0 Å². The SMILES string of the molecule is [O-][NH+]1NC(=NCCN2CCCCC2)Nc2ccc3c(c21)CCC3. The molecule has 6 heteroatoms. The van der Waals surface area contributed by atoms with Crippen molar-refractivity contribution in [2.45, 2.75) is 38.5 Å². The molecule has 23 heavy (non-hydrogen) atoms. The summed E-state index contributed by atoms with van der Waals surface area (Å²) in [5.74, 6) is 0.595. The number of quaternary nitrogens is 1. The van der Waals surface area contributed by atoms with Crippen molar-refractivity contribution < 1.29 is 5.17 Å². The van der Waals surface area contributed by atoms with Crippen LogP contribution in [0, 0.1) is 5.21 Å². The topological polar surface area (TPSA) is 67.2 Å². The summed E-state index contributed by atoms with van der Waals surface area (Å²) in [4.78, 5) is 7.01. The number of fused-ring (bicyclic) bond motifs is 3. The van der Waals surface area contributed by atoms with Crippen LogP contribution in [0.3, 0.4) is 0 Å². The van der Waals surface area contributed by atoms with Gasteiger partial charge >= 0.3 is 0 Å². The number of aryl methyl sites for hydroxylation is 1. The van der Waals surface area contributed by atoms with E-state index in [0.717, 1.165) is 43.7 Å². The maximum absolute atomic E-state index is 12.5. The third kappa shape index (κ3) is 3.06. The molecule has 1 aromatic carbocycles. The monoisotopic (exact) mass is 315 g/mol. The van der Waals surface area contributed by atoms with Gasteiger partial charge in [0, 0.05) is 12.1 Å². The highest BCUT2D eigenvalue weighted by atomic mass is 16.5. The Balaban J connectivity index is 1.43. The Labute approximate surface area is 137 Å². The molecule has 124 valence electrons. The average Bonchev–Trinajstić information content (AvgIpc) is 3.04. The van der Waals surface area contributed by atoms with E-state index < -0.39 is 0 Å². The van der Waals surface area contributed by atoms with Crippen LogP contribution in [0.5, 0.6) is 0 Å². The van der Waals surface area contributed by atoms with Gasteiger partial charge in [0.2, 0.25) is 5.96 Å². The fourth-order valence-corrected chi connectivity index (χ4v) is 3.92. The predicted octanol–water partition coefficient (Wildman–Crippen LogP) is 0.962. The number of anilines is 1. The van der Waals surface area contributed by atoms with Gasteiger partial charge in [0.05, 0.1) is 6.54 Å². The molecular formula is C17H25N5O. The summed E-state index contributed by atoms with van der Waals surface area (Å²) in [6, 6.07) is 4.18. The van der Waals surface area contributed by atoms with Crippen molar-refractivity contribution in [1.82, 2.24) is 10.3 Å². The minimum absolute atomic E-state index is 0.00535. The second-order valence-corrected chi connectivity index (χ2v) is 6.69. The number of nitrogens with zero attached hydrogens (tertiary/aromatic N) is 2. The summed E-state index contributed by atoms with van der Waals surface area (Å²) in [6.07, 6.45) is 7.19. The van der Waals surface area contributed by atoms with Crippen molar-refractivity contribution in [3.05, 3.63) is 28.5 Å². The van der Waals surface area contributed by atoms with E-state index in [0.29, 0.717) is 5.96 Å². The molecule has 0 bridgehead atoms. The van der Waals surface area contributed by atoms with Crippen molar-refractivity contribution >= 4 is 17.3 Å². The number of aliphatic imine (C=N–C) groups is 1. The fraction of sp³-hybridized carbons (Fsp3) is 0.588. The average molecular weight is 315 g/mol. The van der Waals surface area contributed by atoms with Gasteiger partial charge in [-0.15, -0.1) is 0 Å². The van der Waals surface area contributed by atoms with Crippen LogP contribution in [0.25, 0.3) is 0 Å². The normalized spacial score (nSPS) is 25.6. The van der Waals surface area contributed by atoms with E-state index >= 15 is 0 Å². The highest BCUT2D eigenvalue weighted by molar-refractivity contribution is 5.97. The predicted molar refractivity (Wildman–Crippen MR) is 91.8 cm³/mol. The van der Waals surface area contributed by atoms with E-state index in [9.17, 15) is 5.21 Å². The molecule has 1 aromatic rings. The number of hydrogen-bond acceptors (Lipinski definition) is 3. The van der Waals surface area contributed by atoms with Crippen molar-refractivity contribution in [2.24, 2.45) is 4.99 Å². The largest absolute Gasteiger partial charge is 0.603 e. The third-order valence-electron chi connectivity index (χ3n) is 5.13. The molecular weight excluding hydrogens is 290 g/mol. The number of benzene rings is 1. The summed E-state index contributed by atoms with van der Waals surface area (Å²) in [5, 5.41) is 15.8. The summed E-state index contributed by atoms with van der Waals surface area (Å²) < 4.78 is 0. The van der Waals surface area contributed by atoms with E-state index in [1.165, 1.54) is 43.5 Å². The zero-order chi connectivity index (χ0) is 15.6. The van der Waals surface area contributed by atoms with E-state index in [1.54, 1.807) is 0 Å². The summed E-state index contributed by atoms with van der Waals surface area (Å²) in [5.41, 5.74) is 7.21. The quantitative estimate of drug-likeness (QED) is 0.727. The molecule has 0 aromatic heterocycles. The Bertz CT molecular complexity index is 609. The molecule has 4 rings (SSSR count). The molecule has 0 spiro atoms. The number of piperidine rings is 1. The lowest BCUT2D eigenvalue weighted by molar-refractivity contribution is -0.816. The van der Waals surface area contributed by atoms with Gasteiger partial charge < -0.3 is 15.4 Å². The maximum Gasteiger partial charge on any atom is 0.243 e. The second-order valence-electron chi connectivity index (χ2n) is 6.69. The van der Waals surface area contributed by atoms with Crippen molar-refractivity contribution in [3.8, 4) is 0 Å². The molecule has 0 saturated carbocycles. The Hall–Kier alpha value is -1.63. The van der Waals surface area contributed by atoms with E-state index in [4.69, 9.17) is 0 Å². The molecule has 3 aliphatic rings. The number of likely N-dealkylation sites (tertiary alicyclic amines) is 1. The van der Waals surface area contributed by atoms with Crippen molar-refractivity contribution in [3.63, 3.8) is 0 Å². The van der Waals surface area contributed by atoms with Crippen LogP contribution in [0.2, 0.25) is 0 Å². The standard InChI is InChI=1S/C17H25N5O/c23-22-16-14-6-4-5-13(14)7-8-15(16)19-17(20-22)18-9-12-21-10-2-1-3-11-21/h7-8,22H,1-6,9-12H2,(H2,18,19,20). The summed E-state index contributed by atoms with van der Waals surface area (Å²) in [6.45, 7) is 4.06. The van der Waals surface area contributed by atoms with Gasteiger partial charge in [-0.25, -0.2) is 10.2 Å². The van der Waals surface area contributed by atoms with Crippen LogP contribution >= 0.6 is 0 Å². The number of guanidine groups is 1. The minimum Gasteiger partial charge on any atom is -0.603 e. The molecule has 1 unspecified atom stereocenters. The van der Waals surface area contributed by atoms with Gasteiger partial charge in [-0.1, -0.05) is 12.5 Å². The lowest BCUT2D eigenvalue weighted by atomic mass is 10.1. The molecule has 2 aliphatic heterocycles. The Kier molecular flexibility index (Phi) is 4.20. The molecule has 0 amide bonds. The molecule has 1 fully saturated rings. The highest BCUT2D eigenvalue weighted by Gasteiger charge is 2.27. The van der Waals surface area contributed by atoms with E-state index in [2.05, 4.69) is 26.7 Å². The Morgan fingerprint density at radius 1 is 1.13 bits per heavy atom. The molecule has 0 radical (unpaired) electrons. The van der Waals surface area contributed by atoms with Gasteiger partial charge in [-0.05, 0) is 56.8 Å². The first-order valence-corrected chi connectivity index (χ1v) is 8.81. The zero-order valence-corrected chi connectivity index (χ0v) is 13.5. The van der Waals surface area contributed by atoms with Gasteiger partial charge in [0.1, 0.15) is 5.69 Å². The van der Waals surface area contributed by atoms with Gasteiger partial charge in [0.25, 0.3) is 0 Å². The molecule has 1 saturated heterocycles. The zero-order valence-electron chi connectivity index (χ0n) is 13.5. The molecule has 3 N–H and O–H groups in total. The Morgan fingerprint density at radius 2 is 2.00 bits per heavy atom. The number of rotatable bonds is 3. The first-order valence-electron chi connectivity index (χ1n) is 8.81. The second kappa shape index (κ2) is 6.47. The van der Waals surface area contributed by atoms with Crippen LogP contribution < -0.4 is 15.9 Å². The summed E-state index contributed by atoms with van der Waals surface area (Å²) >= 11 is 0. The third-order valence-corrected chi connectivity index (χ3v) is 5.13. The highest BCUT2D eigenvalue weighted by Crippen LogP contribution is 2.33. The van der Waals surface area contributed by atoms with Crippen LogP contribution in [0.1, 0.15) is 36.8 Å². The van der Waals surface area contributed by atoms with Crippen LogP contribution in [0.4, 0.5) is 11.4 Å². The molecule has 1 atom stereocenters. The lowest BCUT2D eigenvalue weighted by Gasteiger charge is -2.32. The minimum atomic E-state index is -0.00535. The molecule has 1 aliphatic carbocycles. The lowest BCUT2D eigenvalue weighted by Crippen LogP contribution is -3.12. The van der Waals surface area contributed by atoms with Crippen LogP contribution in [-0.2, 0) is 12.8 Å². The van der Waals surface area contributed by atoms with Crippen LogP contribution in [0.15, 0.2) is 17.1 Å². The summed E-state index contributed by atoms with van der Waals surface area (Å²) in [7, 11) is 0. The van der Waals surface area contributed by atoms with Crippen molar-refractivity contribution in [2.75, 3.05) is 31.5 Å². The van der Waals surface area contributed by atoms with Crippen LogP contribution in [-0.4, -0.2) is 37.0 Å². The number of nitrogens with one attached hydrogen (secondary N) is 3. The van der Waals surface area contributed by atoms with E-state index in [-0.39, 0.29) is 5.17 Å².